The van der Waals surface area contributed by atoms with E-state index in [4.69, 9.17) is 4.74 Å². The standard InChI is InChI=1S/C11H13NO2/c1-4-10-5-8(2)12-6-11(10)7-14-9(3)13/h4-6H,1,7H2,2-3H3. The molecule has 0 aliphatic heterocycles. The number of aromatic nitrogens is 1. The second kappa shape index (κ2) is 4.56. The molecule has 0 aromatic carbocycles. The Bertz CT molecular complexity index is 358. The Balaban J connectivity index is 2.85. The average molecular weight is 191 g/mol. The maximum atomic E-state index is 10.6. The molecule has 0 fully saturated rings. The Labute approximate surface area is 83.4 Å². The lowest BCUT2D eigenvalue weighted by Crippen LogP contribution is -2.01. The van der Waals surface area contributed by atoms with Crippen LogP contribution in [0, 0.1) is 6.92 Å². The topological polar surface area (TPSA) is 39.2 Å². The van der Waals surface area contributed by atoms with Gasteiger partial charge in [-0.3, -0.25) is 9.78 Å². The molecule has 0 amide bonds. The second-order valence-electron chi connectivity index (χ2n) is 3.01. The van der Waals surface area contributed by atoms with Gasteiger partial charge in [0.2, 0.25) is 0 Å². The average Bonchev–Trinajstić information content (AvgIpc) is 2.15. The van der Waals surface area contributed by atoms with E-state index in [0.29, 0.717) is 0 Å². The van der Waals surface area contributed by atoms with E-state index in [1.54, 1.807) is 12.3 Å². The predicted octanol–water partition coefficient (Wildman–Crippen LogP) is 2.10. The Morgan fingerprint density at radius 3 is 3.00 bits per heavy atom. The molecule has 3 heteroatoms. The smallest absolute Gasteiger partial charge is 0.302 e. The monoisotopic (exact) mass is 191 g/mol. The van der Waals surface area contributed by atoms with Crippen LogP contribution in [0.25, 0.3) is 6.08 Å². The van der Waals surface area contributed by atoms with Crippen LogP contribution in [0.1, 0.15) is 23.7 Å². The van der Waals surface area contributed by atoms with Crippen molar-refractivity contribution in [2.45, 2.75) is 20.5 Å². The highest BCUT2D eigenvalue weighted by Gasteiger charge is 2.02. The molecule has 0 saturated carbocycles. The summed E-state index contributed by atoms with van der Waals surface area (Å²) in [6, 6.07) is 1.91. The minimum atomic E-state index is -0.291. The fourth-order valence-electron chi connectivity index (χ4n) is 1.10. The van der Waals surface area contributed by atoms with Crippen LogP contribution in [-0.2, 0) is 16.1 Å². The summed E-state index contributed by atoms with van der Waals surface area (Å²) in [7, 11) is 0. The van der Waals surface area contributed by atoms with Gasteiger partial charge >= 0.3 is 5.97 Å². The van der Waals surface area contributed by atoms with Crippen LogP contribution in [0.4, 0.5) is 0 Å². The summed E-state index contributed by atoms with van der Waals surface area (Å²) in [4.78, 5) is 14.7. The number of hydrogen-bond acceptors (Lipinski definition) is 3. The van der Waals surface area contributed by atoms with Gasteiger partial charge in [-0.25, -0.2) is 0 Å². The first-order valence-corrected chi connectivity index (χ1v) is 4.35. The molecular formula is C11H13NO2. The zero-order valence-corrected chi connectivity index (χ0v) is 8.41. The summed E-state index contributed by atoms with van der Waals surface area (Å²) in [6.45, 7) is 7.23. The van der Waals surface area contributed by atoms with E-state index in [0.717, 1.165) is 16.8 Å². The Morgan fingerprint density at radius 1 is 1.71 bits per heavy atom. The number of carbonyl (C=O) groups is 1. The van der Waals surface area contributed by atoms with Crippen molar-refractivity contribution in [3.8, 4) is 0 Å². The number of rotatable bonds is 3. The van der Waals surface area contributed by atoms with Crippen molar-refractivity contribution in [1.82, 2.24) is 4.98 Å². The van der Waals surface area contributed by atoms with Crippen LogP contribution in [0.3, 0.4) is 0 Å². The summed E-state index contributed by atoms with van der Waals surface area (Å²) in [5.41, 5.74) is 2.76. The SMILES string of the molecule is C=Cc1cc(C)ncc1COC(C)=O. The van der Waals surface area contributed by atoms with Gasteiger partial charge in [0.05, 0.1) is 0 Å². The molecule has 0 atom stereocenters. The van der Waals surface area contributed by atoms with E-state index in [-0.39, 0.29) is 12.6 Å². The van der Waals surface area contributed by atoms with Crippen molar-refractivity contribution in [3.05, 3.63) is 35.7 Å². The molecule has 1 rings (SSSR count). The molecule has 0 bridgehead atoms. The first-order chi connectivity index (χ1) is 6.63. The van der Waals surface area contributed by atoms with E-state index < -0.39 is 0 Å². The summed E-state index contributed by atoms with van der Waals surface area (Å²) in [5, 5.41) is 0. The third-order valence-electron chi connectivity index (χ3n) is 1.81. The number of esters is 1. The quantitative estimate of drug-likeness (QED) is 0.687. The molecule has 0 aliphatic rings. The normalized spacial score (nSPS) is 9.57. The minimum absolute atomic E-state index is 0.254. The van der Waals surface area contributed by atoms with Crippen molar-refractivity contribution in [1.29, 1.82) is 0 Å². The Hall–Kier alpha value is -1.64. The van der Waals surface area contributed by atoms with Crippen molar-refractivity contribution < 1.29 is 9.53 Å². The highest BCUT2D eigenvalue weighted by atomic mass is 16.5. The molecule has 0 aliphatic carbocycles. The summed E-state index contributed by atoms with van der Waals surface area (Å²) in [6.07, 6.45) is 3.43. The molecule has 74 valence electrons. The predicted molar refractivity (Wildman–Crippen MR) is 54.5 cm³/mol. The minimum Gasteiger partial charge on any atom is -0.461 e. The van der Waals surface area contributed by atoms with Gasteiger partial charge < -0.3 is 4.74 Å². The van der Waals surface area contributed by atoms with E-state index >= 15 is 0 Å². The number of nitrogens with zero attached hydrogens (tertiary/aromatic N) is 1. The van der Waals surface area contributed by atoms with Gasteiger partial charge in [-0.15, -0.1) is 0 Å². The molecule has 0 unspecified atom stereocenters. The summed E-state index contributed by atoms with van der Waals surface area (Å²) < 4.78 is 4.88. The lowest BCUT2D eigenvalue weighted by atomic mass is 10.1. The Morgan fingerprint density at radius 2 is 2.43 bits per heavy atom. The van der Waals surface area contributed by atoms with Crippen molar-refractivity contribution in [2.75, 3.05) is 0 Å². The zero-order valence-electron chi connectivity index (χ0n) is 8.41. The molecule has 3 nitrogen and oxygen atoms in total. The van der Waals surface area contributed by atoms with Gasteiger partial charge in [0, 0.05) is 24.4 Å². The van der Waals surface area contributed by atoms with Crippen LogP contribution in [-0.4, -0.2) is 11.0 Å². The lowest BCUT2D eigenvalue weighted by molar-refractivity contribution is -0.142. The molecule has 1 aromatic rings. The van der Waals surface area contributed by atoms with E-state index in [2.05, 4.69) is 11.6 Å². The number of carbonyl (C=O) groups excluding carboxylic acids is 1. The molecule has 1 heterocycles. The lowest BCUT2D eigenvalue weighted by Gasteiger charge is -2.06. The van der Waals surface area contributed by atoms with Gasteiger partial charge in [-0.2, -0.15) is 0 Å². The van der Waals surface area contributed by atoms with Gasteiger partial charge in [0.1, 0.15) is 6.61 Å². The van der Waals surface area contributed by atoms with E-state index in [9.17, 15) is 4.79 Å². The highest BCUT2D eigenvalue weighted by Crippen LogP contribution is 2.11. The molecular weight excluding hydrogens is 178 g/mol. The molecule has 0 spiro atoms. The first-order valence-electron chi connectivity index (χ1n) is 4.35. The third-order valence-corrected chi connectivity index (χ3v) is 1.81. The zero-order chi connectivity index (χ0) is 10.6. The number of pyridine rings is 1. The van der Waals surface area contributed by atoms with Crippen molar-refractivity contribution in [3.63, 3.8) is 0 Å². The first kappa shape index (κ1) is 10.4. The fourth-order valence-corrected chi connectivity index (χ4v) is 1.10. The number of aryl methyl sites for hydroxylation is 1. The molecule has 0 N–H and O–H groups in total. The summed E-state index contributed by atoms with van der Waals surface area (Å²) >= 11 is 0. The van der Waals surface area contributed by atoms with E-state index in [1.807, 2.05) is 13.0 Å². The third kappa shape index (κ3) is 2.69. The van der Waals surface area contributed by atoms with Crippen LogP contribution in [0.15, 0.2) is 18.8 Å². The Kier molecular flexibility index (Phi) is 3.40. The number of ether oxygens (including phenoxy) is 1. The molecule has 14 heavy (non-hydrogen) atoms. The van der Waals surface area contributed by atoms with Crippen molar-refractivity contribution in [2.24, 2.45) is 0 Å². The fraction of sp³-hybridized carbons (Fsp3) is 0.273. The van der Waals surface area contributed by atoms with Gasteiger partial charge in [0.15, 0.2) is 0 Å². The van der Waals surface area contributed by atoms with Crippen LogP contribution in [0.5, 0.6) is 0 Å². The van der Waals surface area contributed by atoms with Crippen molar-refractivity contribution >= 4 is 12.0 Å². The van der Waals surface area contributed by atoms with Gasteiger partial charge in [-0.1, -0.05) is 12.7 Å². The molecule has 0 radical (unpaired) electrons. The largest absolute Gasteiger partial charge is 0.461 e. The maximum Gasteiger partial charge on any atom is 0.302 e. The van der Waals surface area contributed by atoms with Crippen LogP contribution >= 0.6 is 0 Å². The van der Waals surface area contributed by atoms with Gasteiger partial charge in [0.25, 0.3) is 0 Å². The van der Waals surface area contributed by atoms with Gasteiger partial charge in [-0.05, 0) is 18.6 Å². The second-order valence-corrected chi connectivity index (χ2v) is 3.01. The number of hydrogen-bond donors (Lipinski definition) is 0. The van der Waals surface area contributed by atoms with E-state index in [1.165, 1.54) is 6.92 Å². The van der Waals surface area contributed by atoms with Crippen LogP contribution < -0.4 is 0 Å². The maximum absolute atomic E-state index is 10.6. The molecule has 1 aromatic heterocycles. The molecule has 0 saturated heterocycles. The highest BCUT2D eigenvalue weighted by molar-refractivity contribution is 5.66. The van der Waals surface area contributed by atoms with Crippen LogP contribution in [0.2, 0.25) is 0 Å². The summed E-state index contributed by atoms with van der Waals surface area (Å²) in [5.74, 6) is -0.291.